The maximum atomic E-state index is 11.6. The Morgan fingerprint density at radius 3 is 3.00 bits per heavy atom. The molecule has 0 saturated carbocycles. The van der Waals surface area contributed by atoms with Crippen molar-refractivity contribution in [1.82, 2.24) is 9.88 Å². The van der Waals surface area contributed by atoms with Gasteiger partial charge >= 0.3 is 5.97 Å². The van der Waals surface area contributed by atoms with E-state index in [1.165, 1.54) is 0 Å². The second-order valence-corrected chi connectivity index (χ2v) is 5.87. The Bertz CT molecular complexity index is 651. The molecule has 1 aliphatic rings. The fourth-order valence-electron chi connectivity index (χ4n) is 3.36. The van der Waals surface area contributed by atoms with Crippen LogP contribution >= 0.6 is 0 Å². The zero-order valence-electron chi connectivity index (χ0n) is 12.2. The van der Waals surface area contributed by atoms with Crippen LogP contribution in [0, 0.1) is 5.92 Å². The molecule has 3 rings (SSSR count). The summed E-state index contributed by atoms with van der Waals surface area (Å²) in [5.74, 6) is -0.519. The number of hydrogen-bond acceptors (Lipinski definition) is 3. The van der Waals surface area contributed by atoms with Crippen LogP contribution in [0.25, 0.3) is 10.9 Å². The van der Waals surface area contributed by atoms with Gasteiger partial charge in [0.2, 0.25) is 0 Å². The molecule has 1 fully saturated rings. The van der Waals surface area contributed by atoms with Crippen LogP contribution < -0.4 is 0 Å². The highest BCUT2D eigenvalue weighted by atomic mass is 16.4. The first-order valence-electron chi connectivity index (χ1n) is 7.46. The molecule has 2 heterocycles. The maximum Gasteiger partial charge on any atom is 0.321 e. The number of hydrogen-bond donors (Lipinski definition) is 1. The summed E-state index contributed by atoms with van der Waals surface area (Å²) in [7, 11) is 0. The first-order chi connectivity index (χ1) is 10.2. The lowest BCUT2D eigenvalue weighted by atomic mass is 9.90. The second-order valence-electron chi connectivity index (χ2n) is 5.87. The van der Waals surface area contributed by atoms with E-state index in [4.69, 9.17) is 0 Å². The number of nitrogens with zero attached hydrogens (tertiary/aromatic N) is 2. The molecule has 4 nitrogen and oxygen atoms in total. The number of carbonyl (C=O) groups is 1. The van der Waals surface area contributed by atoms with Gasteiger partial charge in [0.05, 0.1) is 5.52 Å². The van der Waals surface area contributed by atoms with E-state index in [0.717, 1.165) is 35.9 Å². The predicted octanol–water partition coefficient (Wildman–Crippen LogP) is 2.92. The van der Waals surface area contributed by atoms with E-state index in [1.54, 1.807) is 6.20 Å². The zero-order valence-corrected chi connectivity index (χ0v) is 12.2. The van der Waals surface area contributed by atoms with E-state index >= 15 is 0 Å². The molecule has 1 aliphatic heterocycles. The van der Waals surface area contributed by atoms with Crippen LogP contribution in [0.15, 0.2) is 36.5 Å². The minimum atomic E-state index is -0.713. The van der Waals surface area contributed by atoms with Gasteiger partial charge in [-0.05, 0) is 36.9 Å². The standard InChI is InChI=1S/C17H20N2O2/c1-12-5-4-10-19(16(12)17(20)21)11-14-7-2-6-13-8-3-9-18-15(13)14/h2-3,6-9,12,16H,4-5,10-11H2,1H3,(H,20,21). The van der Waals surface area contributed by atoms with Crippen molar-refractivity contribution in [2.75, 3.05) is 6.54 Å². The molecule has 0 aliphatic carbocycles. The fourth-order valence-corrected chi connectivity index (χ4v) is 3.36. The number of para-hydroxylation sites is 1. The molecule has 1 aromatic carbocycles. The number of pyridine rings is 1. The van der Waals surface area contributed by atoms with Crippen molar-refractivity contribution >= 4 is 16.9 Å². The van der Waals surface area contributed by atoms with Gasteiger partial charge in [-0.15, -0.1) is 0 Å². The van der Waals surface area contributed by atoms with Gasteiger partial charge in [0, 0.05) is 18.1 Å². The third-order valence-corrected chi connectivity index (χ3v) is 4.38. The molecule has 0 bridgehead atoms. The lowest BCUT2D eigenvalue weighted by Crippen LogP contribution is -2.48. The lowest BCUT2D eigenvalue weighted by Gasteiger charge is -2.37. The normalized spacial score (nSPS) is 23.3. The number of benzene rings is 1. The Labute approximate surface area is 124 Å². The van der Waals surface area contributed by atoms with Crippen molar-refractivity contribution in [2.45, 2.75) is 32.4 Å². The van der Waals surface area contributed by atoms with Gasteiger partial charge in [0.25, 0.3) is 0 Å². The molecule has 0 spiro atoms. The summed E-state index contributed by atoms with van der Waals surface area (Å²) in [5.41, 5.74) is 2.08. The van der Waals surface area contributed by atoms with Crippen LogP contribution in [0.5, 0.6) is 0 Å². The second kappa shape index (κ2) is 5.82. The van der Waals surface area contributed by atoms with Crippen LogP contribution in [0.4, 0.5) is 0 Å². The summed E-state index contributed by atoms with van der Waals surface area (Å²) in [6, 6.07) is 9.68. The molecular weight excluding hydrogens is 264 g/mol. The first-order valence-corrected chi connectivity index (χ1v) is 7.46. The fraction of sp³-hybridized carbons (Fsp3) is 0.412. The number of piperidine rings is 1. The molecular formula is C17H20N2O2. The summed E-state index contributed by atoms with van der Waals surface area (Å²) in [6.07, 6.45) is 3.84. The Hall–Kier alpha value is -1.94. The minimum Gasteiger partial charge on any atom is -0.480 e. The van der Waals surface area contributed by atoms with E-state index in [2.05, 4.69) is 9.88 Å². The molecule has 0 radical (unpaired) electrons. The lowest BCUT2D eigenvalue weighted by molar-refractivity contribution is -0.147. The predicted molar refractivity (Wildman–Crippen MR) is 82.0 cm³/mol. The summed E-state index contributed by atoms with van der Waals surface area (Å²) >= 11 is 0. The molecule has 1 saturated heterocycles. The molecule has 2 unspecified atom stereocenters. The number of aromatic nitrogens is 1. The van der Waals surface area contributed by atoms with Crippen LogP contribution in [-0.4, -0.2) is 33.5 Å². The van der Waals surface area contributed by atoms with E-state index < -0.39 is 12.0 Å². The molecule has 110 valence electrons. The van der Waals surface area contributed by atoms with Crippen molar-refractivity contribution in [1.29, 1.82) is 0 Å². The van der Waals surface area contributed by atoms with Crippen molar-refractivity contribution in [3.8, 4) is 0 Å². The Morgan fingerprint density at radius 2 is 2.19 bits per heavy atom. The smallest absolute Gasteiger partial charge is 0.321 e. The van der Waals surface area contributed by atoms with Gasteiger partial charge in [0.15, 0.2) is 0 Å². The van der Waals surface area contributed by atoms with Crippen molar-refractivity contribution in [3.63, 3.8) is 0 Å². The van der Waals surface area contributed by atoms with Gasteiger partial charge in [-0.1, -0.05) is 31.2 Å². The van der Waals surface area contributed by atoms with Gasteiger partial charge in [-0.25, -0.2) is 0 Å². The monoisotopic (exact) mass is 284 g/mol. The summed E-state index contributed by atoms with van der Waals surface area (Å²) in [5, 5.41) is 10.6. The molecule has 0 amide bonds. The molecule has 1 aromatic heterocycles. The number of rotatable bonds is 3. The average Bonchev–Trinajstić information content (AvgIpc) is 2.47. The summed E-state index contributed by atoms with van der Waals surface area (Å²) in [4.78, 5) is 18.1. The number of fused-ring (bicyclic) bond motifs is 1. The number of carboxylic acids is 1. The van der Waals surface area contributed by atoms with Gasteiger partial charge in [-0.2, -0.15) is 0 Å². The molecule has 2 atom stereocenters. The third-order valence-electron chi connectivity index (χ3n) is 4.38. The molecule has 1 N–H and O–H groups in total. The Morgan fingerprint density at radius 1 is 1.38 bits per heavy atom. The average molecular weight is 284 g/mol. The topological polar surface area (TPSA) is 53.4 Å². The van der Waals surface area contributed by atoms with E-state index in [1.807, 2.05) is 37.3 Å². The van der Waals surface area contributed by atoms with E-state index in [0.29, 0.717) is 6.54 Å². The van der Waals surface area contributed by atoms with Crippen molar-refractivity contribution < 1.29 is 9.90 Å². The molecule has 21 heavy (non-hydrogen) atoms. The summed E-state index contributed by atoms with van der Waals surface area (Å²) < 4.78 is 0. The van der Waals surface area contributed by atoms with Crippen molar-refractivity contribution in [3.05, 3.63) is 42.1 Å². The summed E-state index contributed by atoms with van der Waals surface area (Å²) in [6.45, 7) is 3.52. The van der Waals surface area contributed by atoms with Crippen molar-refractivity contribution in [2.24, 2.45) is 5.92 Å². The first kappa shape index (κ1) is 14.0. The van der Waals surface area contributed by atoms with Gasteiger partial charge in [-0.3, -0.25) is 14.7 Å². The molecule has 4 heteroatoms. The highest BCUT2D eigenvalue weighted by molar-refractivity contribution is 5.81. The third kappa shape index (κ3) is 2.76. The quantitative estimate of drug-likeness (QED) is 0.941. The van der Waals surface area contributed by atoms with E-state index in [-0.39, 0.29) is 5.92 Å². The van der Waals surface area contributed by atoms with Crippen LogP contribution in [-0.2, 0) is 11.3 Å². The Balaban J connectivity index is 1.92. The highest BCUT2D eigenvalue weighted by Crippen LogP contribution is 2.26. The number of likely N-dealkylation sites (tertiary alicyclic amines) is 1. The number of carboxylic acid groups (broad SMARTS) is 1. The maximum absolute atomic E-state index is 11.6. The van der Waals surface area contributed by atoms with Crippen LogP contribution in [0.2, 0.25) is 0 Å². The highest BCUT2D eigenvalue weighted by Gasteiger charge is 2.34. The largest absolute Gasteiger partial charge is 0.480 e. The minimum absolute atomic E-state index is 0.194. The zero-order chi connectivity index (χ0) is 14.8. The van der Waals surface area contributed by atoms with Gasteiger partial charge < -0.3 is 5.11 Å². The van der Waals surface area contributed by atoms with Crippen LogP contribution in [0.1, 0.15) is 25.3 Å². The Kier molecular flexibility index (Phi) is 3.88. The molecule has 2 aromatic rings. The SMILES string of the molecule is CC1CCCN(Cc2cccc3cccnc23)C1C(=O)O. The van der Waals surface area contributed by atoms with Gasteiger partial charge in [0.1, 0.15) is 6.04 Å². The van der Waals surface area contributed by atoms with E-state index in [9.17, 15) is 9.90 Å². The number of aliphatic carboxylic acids is 1. The van der Waals surface area contributed by atoms with Crippen LogP contribution in [0.3, 0.4) is 0 Å².